The van der Waals surface area contributed by atoms with Crippen LogP contribution in [0.5, 0.6) is 0 Å². The van der Waals surface area contributed by atoms with E-state index in [2.05, 4.69) is 5.32 Å². The van der Waals surface area contributed by atoms with Gasteiger partial charge in [0.15, 0.2) is 0 Å². The molecule has 2 aromatic rings. The van der Waals surface area contributed by atoms with Gasteiger partial charge in [0.05, 0.1) is 6.10 Å². The van der Waals surface area contributed by atoms with Crippen LogP contribution in [0.1, 0.15) is 11.7 Å². The summed E-state index contributed by atoms with van der Waals surface area (Å²) in [6, 6.07) is 5.89. The molecule has 0 aromatic heterocycles. The molecule has 2 aromatic carbocycles. The van der Waals surface area contributed by atoms with Gasteiger partial charge in [-0.05, 0) is 30.3 Å². The molecular formula is C14H11F4NO. The number of hydrogen-bond donors (Lipinski definition) is 2. The third-order valence-corrected chi connectivity index (χ3v) is 2.75. The first-order valence-corrected chi connectivity index (χ1v) is 5.80. The van der Waals surface area contributed by atoms with Gasteiger partial charge < -0.3 is 10.4 Å². The Morgan fingerprint density at radius 1 is 0.950 bits per heavy atom. The fraction of sp³-hybridized carbons (Fsp3) is 0.143. The van der Waals surface area contributed by atoms with Crippen LogP contribution >= 0.6 is 0 Å². The summed E-state index contributed by atoms with van der Waals surface area (Å²) < 4.78 is 53.0. The van der Waals surface area contributed by atoms with E-state index < -0.39 is 35.1 Å². The summed E-state index contributed by atoms with van der Waals surface area (Å²) in [6.45, 7) is -0.363. The molecule has 0 bridgehead atoms. The Balaban J connectivity index is 2.13. The zero-order chi connectivity index (χ0) is 14.7. The molecular weight excluding hydrogens is 274 g/mol. The van der Waals surface area contributed by atoms with Crippen molar-refractivity contribution in [1.82, 2.24) is 0 Å². The molecule has 0 aliphatic carbocycles. The van der Waals surface area contributed by atoms with Gasteiger partial charge in [0, 0.05) is 12.1 Å². The first kappa shape index (κ1) is 14.3. The second-order valence-electron chi connectivity index (χ2n) is 4.16. The smallest absolute Gasteiger partial charge is 0.149 e. The molecule has 1 atom stereocenters. The van der Waals surface area contributed by atoms with Crippen LogP contribution in [0.15, 0.2) is 36.4 Å². The molecule has 6 heteroatoms. The van der Waals surface area contributed by atoms with Gasteiger partial charge in [0.2, 0.25) is 0 Å². The molecule has 0 saturated carbocycles. The van der Waals surface area contributed by atoms with Crippen molar-refractivity contribution in [2.75, 3.05) is 11.9 Å². The highest BCUT2D eigenvalue weighted by Crippen LogP contribution is 2.22. The summed E-state index contributed by atoms with van der Waals surface area (Å²) in [5.41, 5.74) is -0.711. The predicted octanol–water partition coefficient (Wildman–Crippen LogP) is 3.39. The van der Waals surface area contributed by atoms with Crippen LogP contribution in [0, 0.1) is 23.3 Å². The zero-order valence-electron chi connectivity index (χ0n) is 10.2. The van der Waals surface area contributed by atoms with E-state index in [0.29, 0.717) is 0 Å². The van der Waals surface area contributed by atoms with Crippen molar-refractivity contribution >= 4 is 5.69 Å². The summed E-state index contributed by atoms with van der Waals surface area (Å²) >= 11 is 0. The Morgan fingerprint density at radius 3 is 2.25 bits per heavy atom. The molecule has 1 unspecified atom stereocenters. The average molecular weight is 285 g/mol. The zero-order valence-corrected chi connectivity index (χ0v) is 10.2. The summed E-state index contributed by atoms with van der Waals surface area (Å²) in [4.78, 5) is 0. The Kier molecular flexibility index (Phi) is 4.24. The van der Waals surface area contributed by atoms with Gasteiger partial charge in [-0.3, -0.25) is 0 Å². The van der Waals surface area contributed by atoms with Gasteiger partial charge in [-0.1, -0.05) is 6.07 Å². The molecule has 0 heterocycles. The molecule has 2 nitrogen and oxygen atoms in total. The van der Waals surface area contributed by atoms with E-state index in [1.807, 2.05) is 0 Å². The number of rotatable bonds is 4. The monoisotopic (exact) mass is 285 g/mol. The van der Waals surface area contributed by atoms with E-state index >= 15 is 0 Å². The lowest BCUT2D eigenvalue weighted by molar-refractivity contribution is 0.186. The van der Waals surface area contributed by atoms with Crippen LogP contribution in [0.3, 0.4) is 0 Å². The first-order valence-electron chi connectivity index (χ1n) is 5.80. The van der Waals surface area contributed by atoms with E-state index in [-0.39, 0.29) is 12.1 Å². The second-order valence-corrected chi connectivity index (χ2v) is 4.16. The van der Waals surface area contributed by atoms with Gasteiger partial charge in [-0.15, -0.1) is 0 Å². The molecule has 0 aliphatic rings. The van der Waals surface area contributed by atoms with Crippen molar-refractivity contribution in [3.63, 3.8) is 0 Å². The number of nitrogens with one attached hydrogen (secondary N) is 1. The van der Waals surface area contributed by atoms with Crippen molar-refractivity contribution in [2.24, 2.45) is 0 Å². The van der Waals surface area contributed by atoms with Gasteiger partial charge in [0.25, 0.3) is 0 Å². The van der Waals surface area contributed by atoms with Gasteiger partial charge >= 0.3 is 0 Å². The minimum absolute atomic E-state index is 0.283. The highest BCUT2D eigenvalue weighted by molar-refractivity contribution is 5.46. The maximum atomic E-state index is 13.4. The predicted molar refractivity (Wildman–Crippen MR) is 66.2 cm³/mol. The normalized spacial score (nSPS) is 12.2. The molecule has 0 spiro atoms. The molecule has 0 aliphatic heterocycles. The van der Waals surface area contributed by atoms with E-state index in [9.17, 15) is 22.7 Å². The topological polar surface area (TPSA) is 32.3 Å². The molecule has 0 radical (unpaired) electrons. The minimum Gasteiger partial charge on any atom is -0.386 e. The number of halogens is 4. The number of para-hydroxylation sites is 1. The van der Waals surface area contributed by atoms with Crippen molar-refractivity contribution in [3.8, 4) is 0 Å². The van der Waals surface area contributed by atoms with Crippen LogP contribution in [0.4, 0.5) is 23.2 Å². The number of anilines is 1. The molecule has 2 rings (SSSR count). The van der Waals surface area contributed by atoms with Crippen molar-refractivity contribution in [3.05, 3.63) is 65.2 Å². The molecule has 0 saturated heterocycles. The van der Waals surface area contributed by atoms with Crippen LogP contribution in [-0.2, 0) is 0 Å². The standard InChI is InChI=1S/C14H11F4NO/c15-8-4-5-10(16)9(6-8)13(20)7-19-14-11(17)2-1-3-12(14)18/h1-6,13,19-20H,7H2. The quantitative estimate of drug-likeness (QED) is 0.844. The molecule has 0 fully saturated rings. The maximum absolute atomic E-state index is 13.4. The minimum atomic E-state index is -1.44. The molecule has 2 N–H and O–H groups in total. The summed E-state index contributed by atoms with van der Waals surface area (Å²) in [5.74, 6) is -3.18. The van der Waals surface area contributed by atoms with Crippen LogP contribution in [0.2, 0.25) is 0 Å². The van der Waals surface area contributed by atoms with Crippen molar-refractivity contribution in [1.29, 1.82) is 0 Å². The highest BCUT2D eigenvalue weighted by Gasteiger charge is 2.15. The van der Waals surface area contributed by atoms with Gasteiger partial charge in [0.1, 0.15) is 29.0 Å². The first-order chi connectivity index (χ1) is 9.49. The maximum Gasteiger partial charge on any atom is 0.149 e. The molecule has 106 valence electrons. The lowest BCUT2D eigenvalue weighted by atomic mass is 10.1. The lowest BCUT2D eigenvalue weighted by Gasteiger charge is -2.15. The summed E-state index contributed by atoms with van der Waals surface area (Å²) in [5, 5.41) is 12.1. The van der Waals surface area contributed by atoms with Gasteiger partial charge in [-0.2, -0.15) is 0 Å². The Hall–Kier alpha value is -2.08. The van der Waals surface area contributed by atoms with E-state index in [0.717, 1.165) is 30.3 Å². The summed E-state index contributed by atoms with van der Waals surface area (Å²) in [7, 11) is 0. The van der Waals surface area contributed by atoms with E-state index in [1.165, 1.54) is 6.07 Å². The lowest BCUT2D eigenvalue weighted by Crippen LogP contribution is -2.15. The second kappa shape index (κ2) is 5.92. The fourth-order valence-electron chi connectivity index (χ4n) is 1.75. The Bertz CT molecular complexity index is 598. The summed E-state index contributed by atoms with van der Waals surface area (Å²) in [6.07, 6.45) is -1.44. The highest BCUT2D eigenvalue weighted by atomic mass is 19.1. The molecule has 20 heavy (non-hydrogen) atoms. The van der Waals surface area contributed by atoms with E-state index in [1.54, 1.807) is 0 Å². The van der Waals surface area contributed by atoms with Crippen LogP contribution in [-0.4, -0.2) is 11.7 Å². The van der Waals surface area contributed by atoms with Crippen LogP contribution < -0.4 is 5.32 Å². The number of aliphatic hydroxyl groups is 1. The largest absolute Gasteiger partial charge is 0.386 e. The fourth-order valence-corrected chi connectivity index (χ4v) is 1.75. The van der Waals surface area contributed by atoms with E-state index in [4.69, 9.17) is 0 Å². The van der Waals surface area contributed by atoms with Crippen molar-refractivity contribution in [2.45, 2.75) is 6.10 Å². The third-order valence-electron chi connectivity index (χ3n) is 2.75. The van der Waals surface area contributed by atoms with Crippen molar-refractivity contribution < 1.29 is 22.7 Å². The number of benzene rings is 2. The van der Waals surface area contributed by atoms with Crippen LogP contribution in [0.25, 0.3) is 0 Å². The third kappa shape index (κ3) is 3.08. The molecule has 0 amide bonds. The Morgan fingerprint density at radius 2 is 1.60 bits per heavy atom. The number of hydrogen-bond acceptors (Lipinski definition) is 2. The average Bonchev–Trinajstić information content (AvgIpc) is 2.40. The SMILES string of the molecule is OC(CNc1c(F)cccc1F)c1cc(F)ccc1F. The Labute approximate surface area is 112 Å². The number of aliphatic hydroxyl groups excluding tert-OH is 1. The van der Waals surface area contributed by atoms with Gasteiger partial charge in [-0.25, -0.2) is 17.6 Å².